The van der Waals surface area contributed by atoms with Gasteiger partial charge in [0.05, 0.1) is 11.2 Å². The van der Waals surface area contributed by atoms with Gasteiger partial charge in [-0.25, -0.2) is 4.98 Å². The summed E-state index contributed by atoms with van der Waals surface area (Å²) in [5, 5.41) is 8.68. The summed E-state index contributed by atoms with van der Waals surface area (Å²) in [6, 6.07) is 16.9. The fraction of sp³-hybridized carbons (Fsp3) is 0.211. The zero-order chi connectivity index (χ0) is 15.8. The van der Waals surface area contributed by atoms with Crippen LogP contribution in [0.25, 0.3) is 22.2 Å². The molecule has 0 radical (unpaired) electrons. The van der Waals surface area contributed by atoms with Crippen LogP contribution in [-0.2, 0) is 0 Å². The van der Waals surface area contributed by atoms with Gasteiger partial charge in [-0.2, -0.15) is 0 Å². The van der Waals surface area contributed by atoms with Crippen molar-refractivity contribution in [3.8, 4) is 11.3 Å². The van der Waals surface area contributed by atoms with Gasteiger partial charge in [-0.3, -0.25) is 0 Å². The van der Waals surface area contributed by atoms with Crippen molar-refractivity contribution in [2.45, 2.75) is 18.9 Å². The zero-order valence-electron chi connectivity index (χ0n) is 12.9. The molecule has 23 heavy (non-hydrogen) atoms. The van der Waals surface area contributed by atoms with Crippen LogP contribution in [0.5, 0.6) is 0 Å². The third-order valence-corrected chi connectivity index (χ3v) is 4.38. The van der Waals surface area contributed by atoms with Crippen LogP contribution in [0, 0.1) is 0 Å². The molecule has 2 N–H and O–H groups in total. The molecule has 4 heteroatoms. The van der Waals surface area contributed by atoms with Crippen LogP contribution in [0.1, 0.15) is 12.8 Å². The Balaban J connectivity index is 1.82. The van der Waals surface area contributed by atoms with Gasteiger partial charge in [-0.05, 0) is 49.2 Å². The Bertz CT molecular complexity index is 872. The van der Waals surface area contributed by atoms with E-state index in [4.69, 9.17) is 16.6 Å². The Labute approximate surface area is 140 Å². The fourth-order valence-electron chi connectivity index (χ4n) is 2.78. The van der Waals surface area contributed by atoms with Gasteiger partial charge in [0.1, 0.15) is 0 Å². The maximum atomic E-state index is 6.11. The van der Waals surface area contributed by atoms with Crippen molar-refractivity contribution in [1.82, 2.24) is 4.98 Å². The van der Waals surface area contributed by atoms with Gasteiger partial charge in [0.25, 0.3) is 0 Å². The van der Waals surface area contributed by atoms with Crippen LogP contribution in [0.4, 0.5) is 11.4 Å². The highest BCUT2D eigenvalue weighted by Gasteiger charge is 2.21. The lowest BCUT2D eigenvalue weighted by molar-refractivity contribution is 1.16. The molecule has 1 heterocycles. The topological polar surface area (TPSA) is 37.0 Å². The van der Waals surface area contributed by atoms with Gasteiger partial charge in [0, 0.05) is 40.4 Å². The Morgan fingerprint density at radius 1 is 1.09 bits per heavy atom. The zero-order valence-corrected chi connectivity index (χ0v) is 13.7. The van der Waals surface area contributed by atoms with Crippen molar-refractivity contribution in [2.24, 2.45) is 0 Å². The first-order valence-electron chi connectivity index (χ1n) is 7.88. The number of rotatable bonds is 4. The standard InChI is InChI=1S/C19H18ClN3/c1-21-19-11-18(12-3-2-4-13(20)9-12)23-17-8-7-15(10-16(17)19)22-14-5-6-14/h2-4,7-11,14,22H,5-6H2,1H3,(H,21,23). The first-order chi connectivity index (χ1) is 11.2. The van der Waals surface area contributed by atoms with Gasteiger partial charge in [-0.1, -0.05) is 23.7 Å². The van der Waals surface area contributed by atoms with Gasteiger partial charge < -0.3 is 10.6 Å². The number of hydrogen-bond donors (Lipinski definition) is 2. The molecule has 1 aliphatic rings. The quantitative estimate of drug-likeness (QED) is 0.695. The molecule has 0 unspecified atom stereocenters. The molecule has 1 aliphatic carbocycles. The molecule has 1 saturated carbocycles. The molecule has 2 aromatic carbocycles. The monoisotopic (exact) mass is 323 g/mol. The third-order valence-electron chi connectivity index (χ3n) is 4.15. The number of benzene rings is 2. The second-order valence-electron chi connectivity index (χ2n) is 5.97. The van der Waals surface area contributed by atoms with E-state index in [0.717, 1.165) is 38.6 Å². The molecular weight excluding hydrogens is 306 g/mol. The normalized spacial score (nSPS) is 14.0. The molecular formula is C19H18ClN3. The SMILES string of the molecule is CNc1cc(-c2cccc(Cl)c2)nc2ccc(NC3CC3)cc12. The van der Waals surface area contributed by atoms with E-state index in [1.165, 1.54) is 12.8 Å². The summed E-state index contributed by atoms with van der Waals surface area (Å²) in [5.74, 6) is 0. The Morgan fingerprint density at radius 3 is 2.70 bits per heavy atom. The molecule has 1 fully saturated rings. The minimum Gasteiger partial charge on any atom is -0.388 e. The van der Waals surface area contributed by atoms with Crippen LogP contribution < -0.4 is 10.6 Å². The number of pyridine rings is 1. The average molecular weight is 324 g/mol. The van der Waals surface area contributed by atoms with Crippen molar-refractivity contribution in [3.63, 3.8) is 0 Å². The molecule has 0 aliphatic heterocycles. The highest BCUT2D eigenvalue weighted by molar-refractivity contribution is 6.30. The lowest BCUT2D eigenvalue weighted by Gasteiger charge is -2.12. The average Bonchev–Trinajstić information content (AvgIpc) is 3.38. The molecule has 0 atom stereocenters. The lowest BCUT2D eigenvalue weighted by Crippen LogP contribution is -2.01. The van der Waals surface area contributed by atoms with E-state index in [1.54, 1.807) is 0 Å². The van der Waals surface area contributed by atoms with Gasteiger partial charge in [0.2, 0.25) is 0 Å². The minimum absolute atomic E-state index is 0.643. The van der Waals surface area contributed by atoms with Gasteiger partial charge in [-0.15, -0.1) is 0 Å². The lowest BCUT2D eigenvalue weighted by atomic mass is 10.1. The predicted molar refractivity (Wildman–Crippen MR) is 98.4 cm³/mol. The third kappa shape index (κ3) is 2.97. The van der Waals surface area contributed by atoms with Gasteiger partial charge in [0.15, 0.2) is 0 Å². The van der Waals surface area contributed by atoms with Crippen LogP contribution >= 0.6 is 11.6 Å². The van der Waals surface area contributed by atoms with Crippen molar-refractivity contribution in [1.29, 1.82) is 0 Å². The van der Waals surface area contributed by atoms with Crippen molar-refractivity contribution in [2.75, 3.05) is 17.7 Å². The molecule has 0 amide bonds. The molecule has 0 spiro atoms. The van der Waals surface area contributed by atoms with Crippen LogP contribution in [0.2, 0.25) is 5.02 Å². The minimum atomic E-state index is 0.643. The number of anilines is 2. The molecule has 0 bridgehead atoms. The highest BCUT2D eigenvalue weighted by Crippen LogP contribution is 2.32. The van der Waals surface area contributed by atoms with E-state index in [-0.39, 0.29) is 0 Å². The summed E-state index contributed by atoms with van der Waals surface area (Å²) in [6.45, 7) is 0. The first-order valence-corrected chi connectivity index (χ1v) is 8.26. The van der Waals surface area contributed by atoms with E-state index < -0.39 is 0 Å². The summed E-state index contributed by atoms with van der Waals surface area (Å²) in [7, 11) is 1.94. The van der Waals surface area contributed by atoms with E-state index in [1.807, 2.05) is 31.3 Å². The second kappa shape index (κ2) is 5.74. The largest absolute Gasteiger partial charge is 0.388 e. The Hall–Kier alpha value is -2.26. The number of hydrogen-bond acceptors (Lipinski definition) is 3. The molecule has 4 rings (SSSR count). The summed E-state index contributed by atoms with van der Waals surface area (Å²) in [5.41, 5.74) is 5.16. The van der Waals surface area contributed by atoms with E-state index in [0.29, 0.717) is 6.04 Å². The Morgan fingerprint density at radius 2 is 1.96 bits per heavy atom. The number of halogens is 1. The predicted octanol–water partition coefficient (Wildman–Crippen LogP) is 5.17. The molecule has 3 aromatic rings. The molecule has 3 nitrogen and oxygen atoms in total. The number of nitrogens with zero attached hydrogens (tertiary/aromatic N) is 1. The number of aromatic nitrogens is 1. The fourth-order valence-corrected chi connectivity index (χ4v) is 2.97. The highest BCUT2D eigenvalue weighted by atomic mass is 35.5. The van der Waals surface area contributed by atoms with Crippen LogP contribution in [-0.4, -0.2) is 18.1 Å². The maximum Gasteiger partial charge on any atom is 0.0731 e. The smallest absolute Gasteiger partial charge is 0.0731 e. The number of fused-ring (bicyclic) bond motifs is 1. The second-order valence-corrected chi connectivity index (χ2v) is 6.40. The molecule has 1 aromatic heterocycles. The van der Waals surface area contributed by atoms with Gasteiger partial charge >= 0.3 is 0 Å². The Kier molecular flexibility index (Phi) is 3.58. The maximum absolute atomic E-state index is 6.11. The summed E-state index contributed by atoms with van der Waals surface area (Å²) < 4.78 is 0. The molecule has 0 saturated heterocycles. The van der Waals surface area contributed by atoms with E-state index in [9.17, 15) is 0 Å². The van der Waals surface area contributed by atoms with Crippen molar-refractivity contribution in [3.05, 3.63) is 53.6 Å². The summed E-state index contributed by atoms with van der Waals surface area (Å²) in [6.07, 6.45) is 2.53. The summed E-state index contributed by atoms with van der Waals surface area (Å²) >= 11 is 6.11. The van der Waals surface area contributed by atoms with Crippen LogP contribution in [0.3, 0.4) is 0 Å². The molecule has 116 valence electrons. The summed E-state index contributed by atoms with van der Waals surface area (Å²) in [4.78, 5) is 4.80. The van der Waals surface area contributed by atoms with E-state index >= 15 is 0 Å². The van der Waals surface area contributed by atoms with E-state index in [2.05, 4.69) is 34.9 Å². The first kappa shape index (κ1) is 14.3. The van der Waals surface area contributed by atoms with Crippen LogP contribution in [0.15, 0.2) is 48.5 Å². The number of nitrogens with one attached hydrogen (secondary N) is 2. The van der Waals surface area contributed by atoms with Crippen molar-refractivity contribution < 1.29 is 0 Å². The van der Waals surface area contributed by atoms with Crippen molar-refractivity contribution >= 4 is 33.9 Å².